The molecule has 2 aromatic heterocycles. The minimum absolute atomic E-state index is 0.0479. The SMILES string of the molecule is CCNC(=O)c1cc(-c2ccc(NS(=O)(=O)c3cccc(Cl)c3Cl)cc2)nc2[nH]ncc12. The van der Waals surface area contributed by atoms with E-state index in [1.807, 2.05) is 6.92 Å². The van der Waals surface area contributed by atoms with Crippen molar-refractivity contribution in [1.29, 1.82) is 0 Å². The molecule has 0 unspecified atom stereocenters. The standard InChI is InChI=1S/C21H17Cl2N5O3S/c1-2-24-21(29)14-10-17(26-20-15(14)11-25-27-20)12-6-8-13(9-7-12)28-32(30,31)18-5-3-4-16(22)19(18)23/h3-11,28H,2H2,1H3,(H,24,29)(H,25,26,27). The number of pyridine rings is 1. The van der Waals surface area contributed by atoms with Crippen LogP contribution in [0.4, 0.5) is 5.69 Å². The summed E-state index contributed by atoms with van der Waals surface area (Å²) in [7, 11) is -3.94. The minimum Gasteiger partial charge on any atom is -0.352 e. The summed E-state index contributed by atoms with van der Waals surface area (Å²) in [6.07, 6.45) is 1.55. The lowest BCUT2D eigenvalue weighted by atomic mass is 10.1. The number of carbonyl (C=O) groups excluding carboxylic acids is 1. The fraction of sp³-hybridized carbons (Fsp3) is 0.0952. The summed E-state index contributed by atoms with van der Waals surface area (Å²) in [4.78, 5) is 16.9. The van der Waals surface area contributed by atoms with Gasteiger partial charge in [0.25, 0.3) is 15.9 Å². The first-order valence-corrected chi connectivity index (χ1v) is 11.7. The number of hydrogen-bond acceptors (Lipinski definition) is 5. The van der Waals surface area contributed by atoms with Crippen molar-refractivity contribution < 1.29 is 13.2 Å². The summed E-state index contributed by atoms with van der Waals surface area (Å²) in [5.74, 6) is -0.231. The maximum Gasteiger partial charge on any atom is 0.263 e. The summed E-state index contributed by atoms with van der Waals surface area (Å²) in [6, 6.07) is 12.6. The predicted octanol–water partition coefficient (Wildman–Crippen LogP) is 4.48. The minimum atomic E-state index is -3.94. The van der Waals surface area contributed by atoms with Gasteiger partial charge in [-0.25, -0.2) is 13.4 Å². The van der Waals surface area contributed by atoms with Crippen LogP contribution in [0.3, 0.4) is 0 Å². The van der Waals surface area contributed by atoms with Gasteiger partial charge in [0.05, 0.1) is 32.9 Å². The predicted molar refractivity (Wildman–Crippen MR) is 125 cm³/mol. The molecule has 2 heterocycles. The van der Waals surface area contributed by atoms with E-state index in [2.05, 4.69) is 25.2 Å². The summed E-state index contributed by atoms with van der Waals surface area (Å²) in [5, 5.41) is 10.2. The summed E-state index contributed by atoms with van der Waals surface area (Å²) in [5.41, 5.74) is 2.48. The number of sulfonamides is 1. The Labute approximate surface area is 194 Å². The Hall–Kier alpha value is -3.14. The number of nitrogens with zero attached hydrogens (tertiary/aromatic N) is 2. The van der Waals surface area contributed by atoms with Crippen LogP contribution in [0.15, 0.2) is 59.6 Å². The van der Waals surface area contributed by atoms with Gasteiger partial charge in [-0.15, -0.1) is 0 Å². The van der Waals surface area contributed by atoms with E-state index in [1.54, 1.807) is 36.5 Å². The fourth-order valence-electron chi connectivity index (χ4n) is 3.13. The van der Waals surface area contributed by atoms with E-state index < -0.39 is 10.0 Å². The van der Waals surface area contributed by atoms with Gasteiger partial charge in [-0.3, -0.25) is 14.6 Å². The Kier molecular flexibility index (Phi) is 6.05. The zero-order chi connectivity index (χ0) is 22.9. The highest BCUT2D eigenvalue weighted by Gasteiger charge is 2.20. The van der Waals surface area contributed by atoms with E-state index in [-0.39, 0.29) is 20.8 Å². The molecular formula is C21H17Cl2N5O3S. The molecule has 0 saturated carbocycles. The first-order valence-electron chi connectivity index (χ1n) is 9.49. The monoisotopic (exact) mass is 489 g/mol. The Balaban J connectivity index is 1.65. The maximum atomic E-state index is 12.7. The third-order valence-electron chi connectivity index (χ3n) is 4.64. The molecule has 0 spiro atoms. The smallest absolute Gasteiger partial charge is 0.263 e. The molecule has 4 aromatic rings. The molecule has 0 atom stereocenters. The number of aromatic nitrogens is 3. The van der Waals surface area contributed by atoms with E-state index in [0.29, 0.717) is 40.1 Å². The first-order chi connectivity index (χ1) is 15.3. The number of aromatic amines is 1. The molecule has 0 fully saturated rings. The largest absolute Gasteiger partial charge is 0.352 e. The van der Waals surface area contributed by atoms with Crippen molar-refractivity contribution in [2.45, 2.75) is 11.8 Å². The van der Waals surface area contributed by atoms with Gasteiger partial charge in [0.2, 0.25) is 0 Å². The van der Waals surface area contributed by atoms with Crippen molar-refractivity contribution in [2.75, 3.05) is 11.3 Å². The van der Waals surface area contributed by atoms with E-state index in [1.165, 1.54) is 18.2 Å². The summed E-state index contributed by atoms with van der Waals surface area (Å²) >= 11 is 12.0. The van der Waals surface area contributed by atoms with Gasteiger partial charge in [0.1, 0.15) is 4.90 Å². The van der Waals surface area contributed by atoms with Crippen LogP contribution in [0.2, 0.25) is 10.0 Å². The number of H-pyrrole nitrogens is 1. The number of fused-ring (bicyclic) bond motifs is 1. The number of benzene rings is 2. The molecule has 1 amide bonds. The van der Waals surface area contributed by atoms with Crippen molar-refractivity contribution in [1.82, 2.24) is 20.5 Å². The van der Waals surface area contributed by atoms with Gasteiger partial charge in [-0.2, -0.15) is 5.10 Å². The molecule has 0 radical (unpaired) electrons. The van der Waals surface area contributed by atoms with Crippen molar-refractivity contribution in [3.8, 4) is 11.3 Å². The molecule has 2 aromatic carbocycles. The number of halogens is 2. The number of nitrogens with one attached hydrogen (secondary N) is 3. The molecule has 0 aliphatic heterocycles. The maximum absolute atomic E-state index is 12.7. The van der Waals surface area contributed by atoms with Crippen molar-refractivity contribution in [3.63, 3.8) is 0 Å². The van der Waals surface area contributed by atoms with Crippen LogP contribution in [0.5, 0.6) is 0 Å². The van der Waals surface area contributed by atoms with Gasteiger partial charge < -0.3 is 5.32 Å². The van der Waals surface area contributed by atoms with Crippen LogP contribution in [-0.2, 0) is 10.0 Å². The molecule has 0 aliphatic carbocycles. The van der Waals surface area contributed by atoms with Crippen molar-refractivity contribution in [3.05, 3.63) is 70.3 Å². The Morgan fingerprint density at radius 1 is 1.12 bits per heavy atom. The fourth-order valence-corrected chi connectivity index (χ4v) is 4.95. The number of amides is 1. The molecule has 0 aliphatic rings. The third kappa shape index (κ3) is 4.27. The normalized spacial score (nSPS) is 11.5. The molecule has 11 heteroatoms. The lowest BCUT2D eigenvalue weighted by Gasteiger charge is -2.11. The second-order valence-corrected chi connectivity index (χ2v) is 9.22. The first kappa shape index (κ1) is 22.1. The van der Waals surface area contributed by atoms with Crippen LogP contribution < -0.4 is 10.0 Å². The Morgan fingerprint density at radius 3 is 2.59 bits per heavy atom. The van der Waals surface area contributed by atoms with Crippen LogP contribution in [0.25, 0.3) is 22.3 Å². The van der Waals surface area contributed by atoms with Gasteiger partial charge >= 0.3 is 0 Å². The van der Waals surface area contributed by atoms with Gasteiger partial charge in [-0.05, 0) is 37.3 Å². The highest BCUT2D eigenvalue weighted by atomic mass is 35.5. The van der Waals surface area contributed by atoms with Gasteiger partial charge in [-0.1, -0.05) is 41.4 Å². The molecule has 32 heavy (non-hydrogen) atoms. The molecule has 3 N–H and O–H groups in total. The molecule has 164 valence electrons. The Morgan fingerprint density at radius 2 is 1.88 bits per heavy atom. The molecule has 8 nitrogen and oxygen atoms in total. The second-order valence-electron chi connectivity index (χ2n) is 6.78. The highest BCUT2D eigenvalue weighted by Crippen LogP contribution is 2.31. The van der Waals surface area contributed by atoms with Gasteiger partial charge in [0.15, 0.2) is 5.65 Å². The van der Waals surface area contributed by atoms with Gasteiger partial charge in [0, 0.05) is 17.8 Å². The average Bonchev–Trinajstić information content (AvgIpc) is 3.24. The molecule has 4 rings (SSSR count). The zero-order valence-corrected chi connectivity index (χ0v) is 19.0. The number of anilines is 1. The number of carbonyl (C=O) groups is 1. The van der Waals surface area contributed by atoms with E-state index in [4.69, 9.17) is 23.2 Å². The quantitative estimate of drug-likeness (QED) is 0.369. The van der Waals surface area contributed by atoms with Crippen LogP contribution in [0.1, 0.15) is 17.3 Å². The van der Waals surface area contributed by atoms with Crippen molar-refractivity contribution >= 4 is 55.9 Å². The van der Waals surface area contributed by atoms with Crippen LogP contribution >= 0.6 is 23.2 Å². The van der Waals surface area contributed by atoms with Crippen LogP contribution in [0, 0.1) is 0 Å². The topological polar surface area (TPSA) is 117 Å². The molecular weight excluding hydrogens is 473 g/mol. The van der Waals surface area contributed by atoms with E-state index >= 15 is 0 Å². The number of rotatable bonds is 6. The lowest BCUT2D eigenvalue weighted by Crippen LogP contribution is -2.23. The van der Waals surface area contributed by atoms with Crippen molar-refractivity contribution in [2.24, 2.45) is 0 Å². The highest BCUT2D eigenvalue weighted by molar-refractivity contribution is 7.92. The average molecular weight is 490 g/mol. The van der Waals surface area contributed by atoms with Crippen LogP contribution in [-0.4, -0.2) is 36.1 Å². The lowest BCUT2D eigenvalue weighted by molar-refractivity contribution is 0.0957. The summed E-state index contributed by atoms with van der Waals surface area (Å²) < 4.78 is 27.9. The Bertz CT molecular complexity index is 1420. The van der Waals surface area contributed by atoms with E-state index in [9.17, 15) is 13.2 Å². The third-order valence-corrected chi connectivity index (χ3v) is 7.00. The second kappa shape index (κ2) is 8.78. The number of hydrogen-bond donors (Lipinski definition) is 3. The zero-order valence-electron chi connectivity index (χ0n) is 16.7. The molecule has 0 bridgehead atoms. The molecule has 0 saturated heterocycles. The summed E-state index contributed by atoms with van der Waals surface area (Å²) in [6.45, 7) is 2.32. The van der Waals surface area contributed by atoms with E-state index in [0.717, 1.165) is 0 Å².